The lowest BCUT2D eigenvalue weighted by molar-refractivity contribution is 0.346. The molecular weight excluding hydrogens is 999 g/mol. The van der Waals surface area contributed by atoms with Crippen LogP contribution in [0.25, 0.3) is 27.9 Å². The number of ether oxygens (including phenoxy) is 3. The minimum atomic E-state index is -0.505. The van der Waals surface area contributed by atoms with Crippen molar-refractivity contribution in [3.63, 3.8) is 0 Å². The summed E-state index contributed by atoms with van der Waals surface area (Å²) in [5.41, 5.74) is 33.0. The zero-order valence-electron chi connectivity index (χ0n) is 48.6. The van der Waals surface area contributed by atoms with E-state index in [1.54, 1.807) is 0 Å². The van der Waals surface area contributed by atoms with Gasteiger partial charge in [0, 0.05) is 88.9 Å². The summed E-state index contributed by atoms with van der Waals surface area (Å²) in [5.74, 6) is 6.05. The highest BCUT2D eigenvalue weighted by Gasteiger charge is 2.58. The molecule has 8 aromatic carbocycles. The van der Waals surface area contributed by atoms with Crippen LogP contribution in [0.5, 0.6) is 28.7 Å². The Balaban J connectivity index is 0.969. The molecule has 3 unspecified atom stereocenters. The number of anilines is 3. The summed E-state index contributed by atoms with van der Waals surface area (Å²) in [7, 11) is 0. The first kappa shape index (κ1) is 46.3. The summed E-state index contributed by atoms with van der Waals surface area (Å²) in [6, 6.07) is 54.0. The minimum absolute atomic E-state index is 0.246. The lowest BCUT2D eigenvalue weighted by atomic mass is 9.54. The van der Waals surface area contributed by atoms with Crippen LogP contribution in [-0.2, 0) is 32.5 Å². The zero-order chi connectivity index (χ0) is 55.4. The molecule has 19 rings (SSSR count). The Kier molecular flexibility index (Phi) is 7.96. The van der Waals surface area contributed by atoms with Crippen LogP contribution in [-0.4, -0.2) is 0 Å². The SMILES string of the molecule is CC1CC=CC2=C1Oc1cccc3c1C1=C2C(C)(C)c2cc4cc(c21)C3(C)CC1(C)c2cccc3c2C2=C(c5ccccc5O3)C(C)(C)c3cc(cc1c32)N4c1cc2c3c(c1)C(C)(C)c1cccc4c1C3=C(c1ccccc1O4)C2(C)C. The molecular formula is C78H63NO3. The highest BCUT2D eigenvalue weighted by molar-refractivity contribution is 6.15. The van der Waals surface area contributed by atoms with Crippen LogP contribution in [0.15, 0.2) is 169 Å². The van der Waals surface area contributed by atoms with Crippen molar-refractivity contribution in [1.29, 1.82) is 0 Å². The molecule has 4 heterocycles. The zero-order valence-corrected chi connectivity index (χ0v) is 48.6. The van der Waals surface area contributed by atoms with Crippen molar-refractivity contribution < 1.29 is 14.2 Å². The summed E-state index contributed by atoms with van der Waals surface area (Å²) < 4.78 is 21.6. The lowest BCUT2D eigenvalue weighted by Crippen LogP contribution is -2.41. The van der Waals surface area contributed by atoms with Crippen molar-refractivity contribution in [2.45, 2.75) is 121 Å². The Hall–Kier alpha value is -8.34. The maximum atomic E-state index is 7.41. The predicted octanol–water partition coefficient (Wildman–Crippen LogP) is 19.5. The molecule has 8 aromatic rings. The number of hydrogen-bond acceptors (Lipinski definition) is 4. The molecule has 0 amide bonds. The molecule has 398 valence electrons. The molecule has 0 N–H and O–H groups in total. The fourth-order valence-electron chi connectivity index (χ4n) is 18.9. The average Bonchev–Trinajstić information content (AvgIpc) is 1.52. The Morgan fingerprint density at radius 1 is 0.378 bits per heavy atom. The van der Waals surface area contributed by atoms with Crippen LogP contribution in [0, 0.1) is 5.92 Å². The summed E-state index contributed by atoms with van der Waals surface area (Å²) in [5, 5.41) is 0. The van der Waals surface area contributed by atoms with Gasteiger partial charge in [-0.3, -0.25) is 0 Å². The van der Waals surface area contributed by atoms with Crippen molar-refractivity contribution in [3.05, 3.63) is 263 Å². The first-order valence-electron chi connectivity index (χ1n) is 30.0. The van der Waals surface area contributed by atoms with E-state index < -0.39 is 16.2 Å². The predicted molar refractivity (Wildman–Crippen MR) is 331 cm³/mol. The van der Waals surface area contributed by atoms with Gasteiger partial charge in [-0.05, 0) is 180 Å². The Labute approximate surface area is 480 Å². The van der Waals surface area contributed by atoms with Crippen LogP contribution in [0.3, 0.4) is 0 Å². The second-order valence-electron chi connectivity index (χ2n) is 28.3. The molecule has 7 aliphatic carbocycles. The number of allylic oxidation sites excluding steroid dienone is 7. The molecule has 0 saturated heterocycles. The number of nitrogens with zero attached hydrogens (tertiary/aromatic N) is 1. The molecule has 0 radical (unpaired) electrons. The summed E-state index contributed by atoms with van der Waals surface area (Å²) in [4.78, 5) is 2.72. The fourth-order valence-corrected chi connectivity index (χ4v) is 18.9. The van der Waals surface area contributed by atoms with E-state index in [9.17, 15) is 0 Å². The van der Waals surface area contributed by atoms with E-state index >= 15 is 0 Å². The van der Waals surface area contributed by atoms with Crippen LogP contribution in [0.4, 0.5) is 17.1 Å². The highest BCUT2D eigenvalue weighted by Crippen LogP contribution is 2.71. The van der Waals surface area contributed by atoms with E-state index in [1.807, 2.05) is 0 Å². The van der Waals surface area contributed by atoms with Gasteiger partial charge in [0.2, 0.25) is 0 Å². The van der Waals surface area contributed by atoms with E-state index in [-0.39, 0.29) is 22.2 Å². The largest absolute Gasteiger partial charge is 0.460 e. The lowest BCUT2D eigenvalue weighted by Gasteiger charge is -2.49. The molecule has 0 saturated carbocycles. The van der Waals surface area contributed by atoms with Gasteiger partial charge in [0.05, 0.1) is 0 Å². The van der Waals surface area contributed by atoms with E-state index in [0.717, 1.165) is 47.3 Å². The van der Waals surface area contributed by atoms with Gasteiger partial charge in [-0.2, -0.15) is 0 Å². The number of para-hydroxylation sites is 2. The van der Waals surface area contributed by atoms with E-state index in [4.69, 9.17) is 14.2 Å². The number of fused-ring (bicyclic) bond motifs is 9. The smallest absolute Gasteiger partial charge is 0.135 e. The van der Waals surface area contributed by atoms with Gasteiger partial charge < -0.3 is 19.1 Å². The Morgan fingerprint density at radius 3 is 1.28 bits per heavy atom. The molecule has 82 heavy (non-hydrogen) atoms. The standard InChI is InChI=1S/C78H63NO3/c1-39-20-16-23-45-71-68-62-52(76(71,8)9)35-42-37-54(62)78(11,48-26-19-31-59(65(48)68)82-72(39)45)38-77(10)47-25-18-30-58-64(47)67-61-51(75(6,7)70(67)44-22-13-15-28-56(44)81-58)34-41(36-53(61)77)79(42)40-32-49-60-50(33-40)74(4,5)69-43-21-12-14-27-55(43)80-57-29-17-24-46(73(49,2)3)63(57)66(60)69/h12-19,21-37,39H,20,38H2,1-11H3. The summed E-state index contributed by atoms with van der Waals surface area (Å²) in [6.07, 6.45) is 6.57. The van der Waals surface area contributed by atoms with Crippen LogP contribution < -0.4 is 19.1 Å². The van der Waals surface area contributed by atoms with Gasteiger partial charge in [-0.15, -0.1) is 0 Å². The molecule has 4 bridgehead atoms. The van der Waals surface area contributed by atoms with Crippen molar-refractivity contribution in [2.75, 3.05) is 4.90 Å². The topological polar surface area (TPSA) is 30.9 Å². The first-order valence-corrected chi connectivity index (χ1v) is 30.0. The summed E-state index contributed by atoms with van der Waals surface area (Å²) >= 11 is 0. The third-order valence-electron chi connectivity index (χ3n) is 22.5. The maximum Gasteiger partial charge on any atom is 0.135 e. The Bertz CT molecular complexity index is 4700. The minimum Gasteiger partial charge on any atom is -0.460 e. The van der Waals surface area contributed by atoms with Crippen molar-refractivity contribution in [1.82, 2.24) is 0 Å². The second kappa shape index (κ2) is 14.1. The average molecular weight is 1060 g/mol. The highest BCUT2D eigenvalue weighted by atomic mass is 16.5. The monoisotopic (exact) mass is 1060 g/mol. The molecule has 0 fully saturated rings. The van der Waals surface area contributed by atoms with Crippen molar-refractivity contribution in [2.24, 2.45) is 5.92 Å². The first-order chi connectivity index (χ1) is 39.3. The van der Waals surface area contributed by atoms with Gasteiger partial charge in [-0.25, -0.2) is 0 Å². The molecule has 4 heteroatoms. The number of rotatable bonds is 1. The maximum absolute atomic E-state index is 7.41. The third kappa shape index (κ3) is 4.99. The van der Waals surface area contributed by atoms with Crippen molar-refractivity contribution in [3.8, 4) is 28.7 Å². The van der Waals surface area contributed by atoms with E-state index in [2.05, 4.69) is 233 Å². The van der Waals surface area contributed by atoms with E-state index in [0.29, 0.717) is 0 Å². The fraction of sp³-hybridized carbons (Fsp3) is 0.256. The second-order valence-corrected chi connectivity index (χ2v) is 28.3. The summed E-state index contributed by atoms with van der Waals surface area (Å²) in [6.45, 7) is 27.3. The molecule has 0 aromatic heterocycles. The molecule has 4 aliphatic heterocycles. The van der Waals surface area contributed by atoms with Gasteiger partial charge >= 0.3 is 0 Å². The van der Waals surface area contributed by atoms with Crippen LogP contribution in [0.2, 0.25) is 0 Å². The van der Waals surface area contributed by atoms with Crippen molar-refractivity contribution >= 4 is 44.9 Å². The number of benzene rings is 8. The molecule has 3 atom stereocenters. The van der Waals surface area contributed by atoms with Gasteiger partial charge in [0.15, 0.2) is 0 Å². The quantitative estimate of drug-likeness (QED) is 0.164. The van der Waals surface area contributed by atoms with Gasteiger partial charge in [0.1, 0.15) is 34.5 Å². The normalized spacial score (nSPS) is 24.3. The van der Waals surface area contributed by atoms with Gasteiger partial charge in [-0.1, -0.05) is 161 Å². The Morgan fingerprint density at radius 2 is 0.768 bits per heavy atom. The van der Waals surface area contributed by atoms with Gasteiger partial charge in [0.25, 0.3) is 0 Å². The third-order valence-corrected chi connectivity index (χ3v) is 22.5. The molecule has 4 nitrogen and oxygen atoms in total. The number of hydrogen-bond donors (Lipinski definition) is 0. The van der Waals surface area contributed by atoms with Crippen LogP contribution >= 0.6 is 0 Å². The molecule has 0 spiro atoms. The molecule has 11 aliphatic rings. The van der Waals surface area contributed by atoms with E-state index in [1.165, 1.54) is 151 Å². The van der Waals surface area contributed by atoms with Crippen LogP contribution in [0.1, 0.15) is 184 Å².